The summed E-state index contributed by atoms with van der Waals surface area (Å²) in [5.41, 5.74) is 1.31. The molecule has 108 valence electrons. The zero-order chi connectivity index (χ0) is 15.0. The Kier molecular flexibility index (Phi) is 6.46. The molecule has 0 saturated carbocycles. The summed E-state index contributed by atoms with van der Waals surface area (Å²) in [6.07, 6.45) is 2.55. The molecule has 1 aromatic rings. The van der Waals surface area contributed by atoms with E-state index < -0.39 is 5.97 Å². The Morgan fingerprint density at radius 1 is 1.30 bits per heavy atom. The van der Waals surface area contributed by atoms with E-state index in [1.54, 1.807) is 24.3 Å². The van der Waals surface area contributed by atoms with Gasteiger partial charge in [-0.1, -0.05) is 19.1 Å². The standard InChI is InChI=1S/C15H20N2O3/c1-3-17(2)11-10-16-15(20)13-7-4-12(5-8-13)6-9-14(18)19/h4-9H,3,10-11H2,1-2H3,(H,16,20)(H,18,19). The number of hydrogen-bond donors (Lipinski definition) is 2. The molecular formula is C15H20N2O3. The molecule has 5 heteroatoms. The van der Waals surface area contributed by atoms with Crippen LogP contribution in [0.4, 0.5) is 0 Å². The zero-order valence-corrected chi connectivity index (χ0v) is 11.8. The van der Waals surface area contributed by atoms with Gasteiger partial charge in [-0.05, 0) is 37.4 Å². The van der Waals surface area contributed by atoms with Gasteiger partial charge in [0.1, 0.15) is 0 Å². The minimum Gasteiger partial charge on any atom is -0.478 e. The van der Waals surface area contributed by atoms with Crippen molar-refractivity contribution in [3.63, 3.8) is 0 Å². The summed E-state index contributed by atoms with van der Waals surface area (Å²) in [7, 11) is 2.00. The predicted molar refractivity (Wildman–Crippen MR) is 78.6 cm³/mol. The Hall–Kier alpha value is -2.14. The van der Waals surface area contributed by atoms with E-state index in [4.69, 9.17) is 5.11 Å². The van der Waals surface area contributed by atoms with E-state index in [1.807, 2.05) is 7.05 Å². The number of likely N-dealkylation sites (N-methyl/N-ethyl adjacent to an activating group) is 1. The third kappa shape index (κ3) is 5.67. The second-order valence-corrected chi connectivity index (χ2v) is 4.45. The van der Waals surface area contributed by atoms with Gasteiger partial charge in [0.15, 0.2) is 0 Å². The van der Waals surface area contributed by atoms with Crippen molar-refractivity contribution in [2.24, 2.45) is 0 Å². The number of nitrogens with one attached hydrogen (secondary N) is 1. The topological polar surface area (TPSA) is 69.6 Å². The van der Waals surface area contributed by atoms with E-state index in [1.165, 1.54) is 6.08 Å². The predicted octanol–water partition coefficient (Wildman–Crippen LogP) is 1.47. The van der Waals surface area contributed by atoms with Crippen LogP contribution in [0, 0.1) is 0 Å². The monoisotopic (exact) mass is 276 g/mol. The van der Waals surface area contributed by atoms with Crippen molar-refractivity contribution in [3.05, 3.63) is 41.5 Å². The number of rotatable bonds is 7. The lowest BCUT2D eigenvalue weighted by Gasteiger charge is -2.13. The van der Waals surface area contributed by atoms with Gasteiger partial charge in [-0.2, -0.15) is 0 Å². The summed E-state index contributed by atoms with van der Waals surface area (Å²) in [5, 5.41) is 11.4. The van der Waals surface area contributed by atoms with Crippen LogP contribution < -0.4 is 5.32 Å². The van der Waals surface area contributed by atoms with Gasteiger partial charge in [-0.15, -0.1) is 0 Å². The van der Waals surface area contributed by atoms with Gasteiger partial charge < -0.3 is 15.3 Å². The smallest absolute Gasteiger partial charge is 0.328 e. The lowest BCUT2D eigenvalue weighted by atomic mass is 10.1. The van der Waals surface area contributed by atoms with Gasteiger partial charge in [0.05, 0.1) is 0 Å². The molecule has 0 fully saturated rings. The van der Waals surface area contributed by atoms with E-state index in [0.717, 1.165) is 24.7 Å². The molecule has 0 aromatic heterocycles. The lowest BCUT2D eigenvalue weighted by molar-refractivity contribution is -0.131. The van der Waals surface area contributed by atoms with Crippen LogP contribution in [-0.4, -0.2) is 48.6 Å². The van der Waals surface area contributed by atoms with Gasteiger partial charge in [-0.25, -0.2) is 4.79 Å². The van der Waals surface area contributed by atoms with Crippen molar-refractivity contribution in [1.29, 1.82) is 0 Å². The molecule has 20 heavy (non-hydrogen) atoms. The molecule has 0 unspecified atom stereocenters. The second kappa shape index (κ2) is 8.12. The first-order valence-electron chi connectivity index (χ1n) is 6.50. The van der Waals surface area contributed by atoms with Crippen LogP contribution in [0.1, 0.15) is 22.8 Å². The first-order valence-corrected chi connectivity index (χ1v) is 6.50. The third-order valence-electron chi connectivity index (χ3n) is 2.91. The van der Waals surface area contributed by atoms with Gasteiger partial charge in [-0.3, -0.25) is 4.79 Å². The van der Waals surface area contributed by atoms with Crippen molar-refractivity contribution < 1.29 is 14.7 Å². The molecule has 0 radical (unpaired) electrons. The highest BCUT2D eigenvalue weighted by atomic mass is 16.4. The highest BCUT2D eigenvalue weighted by Gasteiger charge is 2.04. The lowest BCUT2D eigenvalue weighted by Crippen LogP contribution is -2.32. The zero-order valence-electron chi connectivity index (χ0n) is 11.8. The van der Waals surface area contributed by atoms with Gasteiger partial charge in [0.2, 0.25) is 0 Å². The van der Waals surface area contributed by atoms with Gasteiger partial charge in [0.25, 0.3) is 5.91 Å². The molecule has 1 rings (SSSR count). The Morgan fingerprint density at radius 3 is 2.50 bits per heavy atom. The Balaban J connectivity index is 2.51. The highest BCUT2D eigenvalue weighted by Crippen LogP contribution is 2.06. The second-order valence-electron chi connectivity index (χ2n) is 4.45. The fourth-order valence-electron chi connectivity index (χ4n) is 1.53. The molecule has 1 amide bonds. The number of carbonyl (C=O) groups excluding carboxylic acids is 1. The number of amides is 1. The maximum atomic E-state index is 11.9. The van der Waals surface area contributed by atoms with Crippen LogP contribution in [0.5, 0.6) is 0 Å². The Labute approximate surface area is 118 Å². The molecule has 0 spiro atoms. The maximum Gasteiger partial charge on any atom is 0.328 e. The summed E-state index contributed by atoms with van der Waals surface area (Å²) >= 11 is 0. The number of nitrogens with zero attached hydrogens (tertiary/aromatic N) is 1. The first kappa shape index (κ1) is 15.9. The average Bonchev–Trinajstić information content (AvgIpc) is 2.45. The SMILES string of the molecule is CCN(C)CCNC(=O)c1ccc(C=CC(=O)O)cc1. The Morgan fingerprint density at radius 2 is 1.95 bits per heavy atom. The van der Waals surface area contributed by atoms with Crippen LogP contribution in [0.25, 0.3) is 6.08 Å². The number of aliphatic carboxylic acids is 1. The van der Waals surface area contributed by atoms with Gasteiger partial charge >= 0.3 is 5.97 Å². The molecule has 0 atom stereocenters. The summed E-state index contributed by atoms with van der Waals surface area (Å²) in [6, 6.07) is 6.79. The molecule has 2 N–H and O–H groups in total. The number of carbonyl (C=O) groups is 2. The highest BCUT2D eigenvalue weighted by molar-refractivity contribution is 5.94. The number of benzene rings is 1. The fraction of sp³-hybridized carbons (Fsp3) is 0.333. The fourth-order valence-corrected chi connectivity index (χ4v) is 1.53. The minimum absolute atomic E-state index is 0.122. The normalized spacial score (nSPS) is 10.9. The van der Waals surface area contributed by atoms with Crippen LogP contribution in [0.3, 0.4) is 0 Å². The largest absolute Gasteiger partial charge is 0.478 e. The summed E-state index contributed by atoms with van der Waals surface area (Å²) in [5.74, 6) is -1.12. The summed E-state index contributed by atoms with van der Waals surface area (Å²) in [4.78, 5) is 24.4. The molecule has 0 saturated heterocycles. The summed E-state index contributed by atoms with van der Waals surface area (Å²) in [6.45, 7) is 4.41. The molecule has 0 aliphatic heterocycles. The van der Waals surface area contributed by atoms with Crippen molar-refractivity contribution in [2.75, 3.05) is 26.7 Å². The maximum absolute atomic E-state index is 11.9. The Bertz CT molecular complexity index is 480. The molecule has 0 aliphatic carbocycles. The molecular weight excluding hydrogens is 256 g/mol. The van der Waals surface area contributed by atoms with E-state index in [9.17, 15) is 9.59 Å². The van der Waals surface area contributed by atoms with Crippen LogP contribution in [0.2, 0.25) is 0 Å². The summed E-state index contributed by atoms with van der Waals surface area (Å²) < 4.78 is 0. The number of carboxylic acid groups (broad SMARTS) is 1. The van der Waals surface area contributed by atoms with E-state index >= 15 is 0 Å². The van der Waals surface area contributed by atoms with E-state index in [-0.39, 0.29) is 5.91 Å². The molecule has 0 aliphatic rings. The van der Waals surface area contributed by atoms with E-state index in [2.05, 4.69) is 17.1 Å². The van der Waals surface area contributed by atoms with Crippen LogP contribution in [-0.2, 0) is 4.79 Å². The van der Waals surface area contributed by atoms with Crippen molar-refractivity contribution in [1.82, 2.24) is 10.2 Å². The van der Waals surface area contributed by atoms with Crippen LogP contribution in [0.15, 0.2) is 30.3 Å². The molecule has 0 heterocycles. The van der Waals surface area contributed by atoms with Crippen molar-refractivity contribution in [3.8, 4) is 0 Å². The van der Waals surface area contributed by atoms with E-state index in [0.29, 0.717) is 12.1 Å². The number of carboxylic acids is 1. The average molecular weight is 276 g/mol. The molecule has 1 aromatic carbocycles. The minimum atomic E-state index is -0.994. The quantitative estimate of drug-likeness (QED) is 0.740. The molecule has 0 bridgehead atoms. The molecule has 5 nitrogen and oxygen atoms in total. The van der Waals surface area contributed by atoms with Crippen molar-refractivity contribution >= 4 is 18.0 Å². The number of hydrogen-bond acceptors (Lipinski definition) is 3. The van der Waals surface area contributed by atoms with Crippen molar-refractivity contribution in [2.45, 2.75) is 6.92 Å². The van der Waals surface area contributed by atoms with Gasteiger partial charge in [0, 0.05) is 24.7 Å². The third-order valence-corrected chi connectivity index (χ3v) is 2.91. The first-order chi connectivity index (χ1) is 9.52. The van der Waals surface area contributed by atoms with Crippen LogP contribution >= 0.6 is 0 Å².